The number of aryl methyl sites for hydroxylation is 3. The molecular formula is C40H37N7O5. The van der Waals surface area contributed by atoms with Crippen LogP contribution in [0.4, 0.5) is 11.4 Å². The number of nitrogens with one attached hydrogen (secondary N) is 3. The number of hydrogen-bond acceptors (Lipinski definition) is 8. The summed E-state index contributed by atoms with van der Waals surface area (Å²) in [5.74, 6) is 4.86. The number of fused-ring (bicyclic) bond motifs is 2. The number of carbonyl (C=O) groups is 3. The van der Waals surface area contributed by atoms with Gasteiger partial charge in [0.25, 0.3) is 5.91 Å². The molecule has 0 saturated carbocycles. The summed E-state index contributed by atoms with van der Waals surface area (Å²) in [5.41, 5.74) is 8.99. The molecule has 3 amide bonds. The van der Waals surface area contributed by atoms with Crippen molar-refractivity contribution < 1.29 is 18.8 Å². The molecule has 4 aromatic heterocycles. The Morgan fingerprint density at radius 1 is 1.02 bits per heavy atom. The van der Waals surface area contributed by atoms with Gasteiger partial charge in [-0.15, -0.1) is 0 Å². The van der Waals surface area contributed by atoms with Gasteiger partial charge in [-0.05, 0) is 78.9 Å². The van der Waals surface area contributed by atoms with Gasteiger partial charge in [-0.3, -0.25) is 38.8 Å². The van der Waals surface area contributed by atoms with E-state index in [0.29, 0.717) is 34.5 Å². The molecule has 3 N–H and O–H groups in total. The maximum Gasteiger partial charge on any atom is 0.328 e. The number of nitrogens with zero attached hydrogens (tertiary/aromatic N) is 4. The van der Waals surface area contributed by atoms with Crippen molar-refractivity contribution in [3.05, 3.63) is 106 Å². The Morgan fingerprint density at radius 2 is 1.85 bits per heavy atom. The van der Waals surface area contributed by atoms with E-state index in [2.05, 4.69) is 57.7 Å². The van der Waals surface area contributed by atoms with Gasteiger partial charge in [0.05, 0.1) is 47.3 Å². The van der Waals surface area contributed by atoms with E-state index in [1.54, 1.807) is 48.0 Å². The molecule has 1 atom stereocenters. The molecule has 1 aliphatic rings. The smallest absolute Gasteiger partial charge is 0.328 e. The average Bonchev–Trinajstić information content (AvgIpc) is 3.64. The number of imidazole rings is 1. The summed E-state index contributed by atoms with van der Waals surface area (Å²) in [7, 11) is 3.58. The molecule has 52 heavy (non-hydrogen) atoms. The molecule has 1 unspecified atom stereocenters. The van der Waals surface area contributed by atoms with E-state index in [9.17, 15) is 19.2 Å². The molecule has 12 nitrogen and oxygen atoms in total. The number of benzene rings is 2. The van der Waals surface area contributed by atoms with Crippen LogP contribution in [0.1, 0.15) is 71.3 Å². The maximum absolute atomic E-state index is 13.0. The third kappa shape index (κ3) is 6.44. The Kier molecular flexibility index (Phi) is 8.94. The zero-order chi connectivity index (χ0) is 36.7. The summed E-state index contributed by atoms with van der Waals surface area (Å²) in [6.07, 6.45) is 5.63. The van der Waals surface area contributed by atoms with Crippen LogP contribution in [0.25, 0.3) is 33.3 Å². The lowest BCUT2D eigenvalue weighted by Gasteiger charge is -2.19. The van der Waals surface area contributed by atoms with Gasteiger partial charge < -0.3 is 15.1 Å². The first-order valence-electron chi connectivity index (χ1n) is 17.0. The van der Waals surface area contributed by atoms with E-state index in [0.717, 1.165) is 44.5 Å². The van der Waals surface area contributed by atoms with Crippen LogP contribution in [0.3, 0.4) is 0 Å². The molecule has 262 valence electrons. The van der Waals surface area contributed by atoms with Gasteiger partial charge in [0.1, 0.15) is 11.3 Å². The Hall–Kier alpha value is -6.48. The first kappa shape index (κ1) is 34.0. The van der Waals surface area contributed by atoms with E-state index < -0.39 is 5.92 Å². The van der Waals surface area contributed by atoms with Crippen molar-refractivity contribution in [2.24, 2.45) is 14.1 Å². The number of rotatable bonds is 7. The molecule has 12 heteroatoms. The van der Waals surface area contributed by atoms with Gasteiger partial charge in [-0.2, -0.15) is 0 Å². The van der Waals surface area contributed by atoms with Crippen LogP contribution >= 0.6 is 0 Å². The Balaban J connectivity index is 0.998. The zero-order valence-corrected chi connectivity index (χ0v) is 29.5. The van der Waals surface area contributed by atoms with Gasteiger partial charge in [-0.1, -0.05) is 25.7 Å². The minimum atomic E-state index is -0.463. The quantitative estimate of drug-likeness (QED) is 0.145. The van der Waals surface area contributed by atoms with Gasteiger partial charge in [-0.25, -0.2) is 4.79 Å². The van der Waals surface area contributed by atoms with E-state index >= 15 is 0 Å². The van der Waals surface area contributed by atoms with Crippen LogP contribution < -0.4 is 21.6 Å². The van der Waals surface area contributed by atoms with Crippen LogP contribution in [0.5, 0.6) is 0 Å². The molecule has 0 spiro atoms. The molecule has 0 aliphatic carbocycles. The monoisotopic (exact) mass is 695 g/mol. The summed E-state index contributed by atoms with van der Waals surface area (Å²) < 4.78 is 9.00. The summed E-state index contributed by atoms with van der Waals surface area (Å²) in [4.78, 5) is 58.7. The molecular weight excluding hydrogens is 658 g/mol. The largest absolute Gasteiger partial charge is 0.464 e. The number of piperidine rings is 1. The van der Waals surface area contributed by atoms with Gasteiger partial charge >= 0.3 is 5.69 Å². The topological polar surface area (TPSA) is 153 Å². The fraction of sp³-hybridized carbons (Fsp3) is 0.250. The molecule has 0 bridgehead atoms. The van der Waals surface area contributed by atoms with Crippen molar-refractivity contribution in [3.8, 4) is 23.1 Å². The van der Waals surface area contributed by atoms with E-state index in [4.69, 9.17) is 4.42 Å². The standard InChI is InChI=1S/C40H37N7O5/c1-22(2)29-17-27(18-33-37(29)47(5)40(51)46(33)4)44-26-9-11-32(42-20-26)25-15-23(3)36(43-19-25)39(50)41-14-6-7-24-8-12-34-30(16-24)31(21-52-34)28-10-13-35(48)45-38(28)49/h8-9,11-12,15-22,28,44H,10,13-14H2,1-5H3,(H,41,50)(H,45,48,49). The number of pyridine rings is 2. The van der Waals surface area contributed by atoms with Crippen LogP contribution in [0.15, 0.2) is 76.4 Å². The third-order valence-electron chi connectivity index (χ3n) is 9.44. The molecule has 1 saturated heterocycles. The van der Waals surface area contributed by atoms with Gasteiger partial charge in [0, 0.05) is 54.5 Å². The second-order valence-electron chi connectivity index (χ2n) is 13.3. The van der Waals surface area contributed by atoms with Crippen molar-refractivity contribution in [2.75, 3.05) is 11.9 Å². The summed E-state index contributed by atoms with van der Waals surface area (Å²) >= 11 is 0. The lowest BCUT2D eigenvalue weighted by atomic mass is 9.90. The predicted molar refractivity (Wildman–Crippen MR) is 198 cm³/mol. The van der Waals surface area contributed by atoms with Crippen molar-refractivity contribution in [1.29, 1.82) is 0 Å². The molecule has 6 aromatic rings. The average molecular weight is 696 g/mol. The van der Waals surface area contributed by atoms with Crippen LogP contribution in [-0.4, -0.2) is 43.4 Å². The predicted octanol–water partition coefficient (Wildman–Crippen LogP) is 5.56. The number of aromatic nitrogens is 4. The number of imide groups is 1. The lowest BCUT2D eigenvalue weighted by molar-refractivity contribution is -0.134. The number of amides is 3. The molecule has 0 radical (unpaired) electrons. The summed E-state index contributed by atoms with van der Waals surface area (Å²) in [6, 6.07) is 15.2. The molecule has 1 fully saturated rings. The normalized spacial score (nSPS) is 14.4. The fourth-order valence-electron chi connectivity index (χ4n) is 6.70. The Labute approximate surface area is 299 Å². The highest BCUT2D eigenvalue weighted by molar-refractivity contribution is 6.03. The van der Waals surface area contributed by atoms with Crippen LogP contribution in [0, 0.1) is 18.8 Å². The Bertz CT molecular complexity index is 2530. The number of carbonyl (C=O) groups excluding carboxylic acids is 3. The first-order valence-corrected chi connectivity index (χ1v) is 17.0. The van der Waals surface area contributed by atoms with Crippen molar-refractivity contribution in [3.63, 3.8) is 0 Å². The van der Waals surface area contributed by atoms with Gasteiger partial charge in [0.15, 0.2) is 0 Å². The second kappa shape index (κ2) is 13.7. The number of furan rings is 1. The number of anilines is 2. The SMILES string of the molecule is Cc1cc(-c2ccc(Nc3cc(C(C)C)c4c(c3)n(C)c(=O)n4C)cn2)cnc1C(=O)NCC#Cc1ccc2occ(C3CCC(=O)NC3=O)c2c1. The molecule has 5 heterocycles. The van der Waals surface area contributed by atoms with E-state index in [1.807, 2.05) is 43.3 Å². The van der Waals surface area contributed by atoms with E-state index in [1.165, 1.54) is 0 Å². The summed E-state index contributed by atoms with van der Waals surface area (Å²) in [5, 5.41) is 9.40. The maximum atomic E-state index is 13.0. The minimum Gasteiger partial charge on any atom is -0.464 e. The third-order valence-corrected chi connectivity index (χ3v) is 9.44. The highest BCUT2D eigenvalue weighted by Gasteiger charge is 2.30. The fourth-order valence-corrected chi connectivity index (χ4v) is 6.70. The Morgan fingerprint density at radius 3 is 2.58 bits per heavy atom. The molecule has 2 aromatic carbocycles. The molecule has 7 rings (SSSR count). The highest BCUT2D eigenvalue weighted by Crippen LogP contribution is 2.33. The van der Waals surface area contributed by atoms with Crippen molar-refractivity contribution in [1.82, 2.24) is 29.7 Å². The second-order valence-corrected chi connectivity index (χ2v) is 13.3. The van der Waals surface area contributed by atoms with Crippen LogP contribution in [-0.2, 0) is 23.7 Å². The number of hydrogen-bond donors (Lipinski definition) is 3. The van der Waals surface area contributed by atoms with Crippen LogP contribution in [0.2, 0.25) is 0 Å². The van der Waals surface area contributed by atoms with Gasteiger partial charge in [0.2, 0.25) is 11.8 Å². The minimum absolute atomic E-state index is 0.0643. The summed E-state index contributed by atoms with van der Waals surface area (Å²) in [6.45, 7) is 6.15. The van der Waals surface area contributed by atoms with E-state index in [-0.39, 0.29) is 42.3 Å². The zero-order valence-electron chi connectivity index (χ0n) is 29.5. The van der Waals surface area contributed by atoms with Crippen molar-refractivity contribution >= 4 is 51.1 Å². The first-order chi connectivity index (χ1) is 25.0. The van der Waals surface area contributed by atoms with Crippen molar-refractivity contribution in [2.45, 2.75) is 45.4 Å². The highest BCUT2D eigenvalue weighted by atomic mass is 16.3. The molecule has 1 aliphatic heterocycles. The lowest BCUT2D eigenvalue weighted by Crippen LogP contribution is -2.39.